The lowest BCUT2D eigenvalue weighted by atomic mass is 10.0. The average molecular weight is 467 g/mol. The molecule has 0 atom stereocenters. The van der Waals surface area contributed by atoms with Gasteiger partial charge in [0.15, 0.2) is 0 Å². The molecule has 3 aromatic rings. The third-order valence-corrected chi connectivity index (χ3v) is 6.38. The van der Waals surface area contributed by atoms with Gasteiger partial charge >= 0.3 is 0 Å². The normalized spacial score (nSPS) is 15.1. The number of hydrogen-bond donors (Lipinski definition) is 1. The number of carbonyl (C=O) groups excluding carboxylic acids is 1. The summed E-state index contributed by atoms with van der Waals surface area (Å²) in [5.74, 6) is 0.980. The number of benzene rings is 2. The number of nitrogens with zero attached hydrogens (tertiary/aromatic N) is 3. The van der Waals surface area contributed by atoms with Gasteiger partial charge in [0.1, 0.15) is 5.75 Å². The number of aromatic nitrogens is 2. The van der Waals surface area contributed by atoms with Crippen molar-refractivity contribution in [3.8, 4) is 11.4 Å². The van der Waals surface area contributed by atoms with E-state index in [0.29, 0.717) is 10.6 Å². The minimum atomic E-state index is -0.0508. The van der Waals surface area contributed by atoms with Crippen molar-refractivity contribution in [1.29, 1.82) is 0 Å². The number of carbonyl (C=O) groups is 1. The Labute approximate surface area is 200 Å². The molecule has 0 aliphatic carbocycles. The molecule has 2 heterocycles. The van der Waals surface area contributed by atoms with E-state index in [-0.39, 0.29) is 17.9 Å². The van der Waals surface area contributed by atoms with Crippen LogP contribution in [-0.2, 0) is 6.54 Å². The fraction of sp³-hybridized carbons (Fsp3) is 0.385. The highest BCUT2D eigenvalue weighted by atomic mass is 35.5. The second-order valence-corrected chi connectivity index (χ2v) is 9.30. The molecule has 0 saturated carbocycles. The minimum absolute atomic E-state index is 0.0508. The molecule has 33 heavy (non-hydrogen) atoms. The van der Waals surface area contributed by atoms with E-state index < -0.39 is 0 Å². The lowest BCUT2D eigenvalue weighted by molar-refractivity contribution is 0.0907. The van der Waals surface area contributed by atoms with Crippen LogP contribution in [0.2, 0.25) is 5.02 Å². The molecule has 0 bridgehead atoms. The van der Waals surface area contributed by atoms with Gasteiger partial charge in [0, 0.05) is 30.7 Å². The van der Waals surface area contributed by atoms with Crippen molar-refractivity contribution in [1.82, 2.24) is 20.0 Å². The molecule has 6 nitrogen and oxygen atoms in total. The monoisotopic (exact) mass is 466 g/mol. The lowest BCUT2D eigenvalue weighted by Crippen LogP contribution is -2.44. The molecule has 1 aliphatic rings. The van der Waals surface area contributed by atoms with Crippen molar-refractivity contribution in [2.24, 2.45) is 0 Å². The summed E-state index contributed by atoms with van der Waals surface area (Å²) in [5, 5.41) is 8.44. The van der Waals surface area contributed by atoms with Crippen LogP contribution < -0.4 is 10.1 Å². The standard InChI is InChI=1S/C26H31ClN4O2/c1-18(2)25-24(16-28-31(25)22-9-7-20(27)8-10-22)26(32)29-21-11-13-30(14-12-21)17-19-5-4-6-23(15-19)33-3/h4-10,15-16,18,21H,11-14,17H2,1-3H3,(H,29,32). The van der Waals surface area contributed by atoms with Crippen molar-refractivity contribution < 1.29 is 9.53 Å². The van der Waals surface area contributed by atoms with Crippen LogP contribution in [0.15, 0.2) is 54.7 Å². The molecule has 1 aliphatic heterocycles. The summed E-state index contributed by atoms with van der Waals surface area (Å²) in [5.41, 5.74) is 3.69. The van der Waals surface area contributed by atoms with Gasteiger partial charge in [0.25, 0.3) is 5.91 Å². The van der Waals surface area contributed by atoms with E-state index in [9.17, 15) is 4.79 Å². The van der Waals surface area contributed by atoms with Gasteiger partial charge in [-0.1, -0.05) is 37.6 Å². The number of nitrogens with one attached hydrogen (secondary N) is 1. The highest BCUT2D eigenvalue weighted by Crippen LogP contribution is 2.25. The van der Waals surface area contributed by atoms with E-state index in [1.54, 1.807) is 13.3 Å². The van der Waals surface area contributed by atoms with Crippen molar-refractivity contribution in [2.45, 2.75) is 45.2 Å². The van der Waals surface area contributed by atoms with Gasteiger partial charge in [-0.15, -0.1) is 0 Å². The third-order valence-electron chi connectivity index (χ3n) is 6.13. The summed E-state index contributed by atoms with van der Waals surface area (Å²) in [4.78, 5) is 15.6. The molecule has 2 aromatic carbocycles. The van der Waals surface area contributed by atoms with Crippen molar-refractivity contribution in [2.75, 3.05) is 20.2 Å². The molecule has 0 spiro atoms. The Morgan fingerprint density at radius 3 is 2.58 bits per heavy atom. The van der Waals surface area contributed by atoms with Gasteiger partial charge < -0.3 is 10.1 Å². The molecule has 1 N–H and O–H groups in total. The zero-order valence-corrected chi connectivity index (χ0v) is 20.2. The van der Waals surface area contributed by atoms with Gasteiger partial charge in [-0.3, -0.25) is 9.69 Å². The maximum absolute atomic E-state index is 13.2. The fourth-order valence-electron chi connectivity index (χ4n) is 4.40. The van der Waals surface area contributed by atoms with Crippen molar-refractivity contribution in [3.63, 3.8) is 0 Å². The van der Waals surface area contributed by atoms with Crippen LogP contribution in [0.1, 0.15) is 54.2 Å². The highest BCUT2D eigenvalue weighted by molar-refractivity contribution is 6.30. The minimum Gasteiger partial charge on any atom is -0.497 e. The first kappa shape index (κ1) is 23.3. The molecule has 0 unspecified atom stereocenters. The second kappa shape index (κ2) is 10.4. The predicted octanol–water partition coefficient (Wildman–Crippen LogP) is 5.05. The number of piperidine rings is 1. The smallest absolute Gasteiger partial charge is 0.255 e. The van der Waals surface area contributed by atoms with Crippen molar-refractivity contribution in [3.05, 3.63) is 76.6 Å². The summed E-state index contributed by atoms with van der Waals surface area (Å²) in [6.45, 7) is 6.95. The Hall–Kier alpha value is -2.83. The van der Waals surface area contributed by atoms with Crippen molar-refractivity contribution >= 4 is 17.5 Å². The topological polar surface area (TPSA) is 59.4 Å². The van der Waals surface area contributed by atoms with E-state index in [0.717, 1.165) is 49.6 Å². The first-order valence-corrected chi connectivity index (χ1v) is 11.8. The number of rotatable bonds is 7. The van der Waals surface area contributed by atoms with Crippen LogP contribution in [0.25, 0.3) is 5.69 Å². The van der Waals surface area contributed by atoms with E-state index in [1.165, 1.54) is 5.56 Å². The zero-order valence-electron chi connectivity index (χ0n) is 19.4. The SMILES string of the molecule is COc1cccc(CN2CCC(NC(=O)c3cnn(-c4ccc(Cl)cc4)c3C(C)C)CC2)c1. The molecule has 1 aromatic heterocycles. The van der Waals surface area contributed by atoms with E-state index in [4.69, 9.17) is 16.3 Å². The fourth-order valence-corrected chi connectivity index (χ4v) is 4.53. The van der Waals surface area contributed by atoms with Crippen LogP contribution in [0.5, 0.6) is 5.75 Å². The summed E-state index contributed by atoms with van der Waals surface area (Å²) >= 11 is 6.03. The Balaban J connectivity index is 1.38. The van der Waals surface area contributed by atoms with Gasteiger partial charge in [0.2, 0.25) is 0 Å². The van der Waals surface area contributed by atoms with Gasteiger partial charge in [0.05, 0.1) is 30.3 Å². The van der Waals surface area contributed by atoms with Gasteiger partial charge in [-0.05, 0) is 60.7 Å². The molecule has 1 saturated heterocycles. The lowest BCUT2D eigenvalue weighted by Gasteiger charge is -2.32. The van der Waals surface area contributed by atoms with Crippen LogP contribution in [0, 0.1) is 0 Å². The first-order valence-electron chi connectivity index (χ1n) is 11.4. The molecule has 1 amide bonds. The zero-order chi connectivity index (χ0) is 23.4. The first-order chi connectivity index (χ1) is 15.9. The van der Waals surface area contributed by atoms with Crippen LogP contribution in [0.3, 0.4) is 0 Å². The number of halogens is 1. The Morgan fingerprint density at radius 1 is 1.18 bits per heavy atom. The molecule has 4 rings (SSSR count). The molecule has 174 valence electrons. The molecule has 1 fully saturated rings. The third kappa shape index (κ3) is 5.57. The number of methoxy groups -OCH3 is 1. The van der Waals surface area contributed by atoms with E-state index in [1.807, 2.05) is 41.1 Å². The maximum Gasteiger partial charge on any atom is 0.255 e. The average Bonchev–Trinajstić information content (AvgIpc) is 3.27. The number of ether oxygens (including phenoxy) is 1. The second-order valence-electron chi connectivity index (χ2n) is 8.86. The number of amides is 1. The van der Waals surface area contributed by atoms with Crippen LogP contribution in [-0.4, -0.2) is 46.8 Å². The van der Waals surface area contributed by atoms with E-state index in [2.05, 4.69) is 41.3 Å². The van der Waals surface area contributed by atoms with E-state index >= 15 is 0 Å². The summed E-state index contributed by atoms with van der Waals surface area (Å²) in [7, 11) is 1.69. The van der Waals surface area contributed by atoms with Gasteiger partial charge in [-0.2, -0.15) is 5.10 Å². The Morgan fingerprint density at radius 2 is 1.91 bits per heavy atom. The Kier molecular flexibility index (Phi) is 7.36. The highest BCUT2D eigenvalue weighted by Gasteiger charge is 2.25. The molecular weight excluding hydrogens is 436 g/mol. The maximum atomic E-state index is 13.2. The molecular formula is C26H31ClN4O2. The summed E-state index contributed by atoms with van der Waals surface area (Å²) in [6, 6.07) is 15.9. The van der Waals surface area contributed by atoms with Gasteiger partial charge in [-0.25, -0.2) is 4.68 Å². The van der Waals surface area contributed by atoms with Crippen LogP contribution >= 0.6 is 11.6 Å². The largest absolute Gasteiger partial charge is 0.497 e. The number of hydrogen-bond acceptors (Lipinski definition) is 4. The van der Waals surface area contributed by atoms with Crippen LogP contribution in [0.4, 0.5) is 0 Å². The Bertz CT molecular complexity index is 1090. The summed E-state index contributed by atoms with van der Waals surface area (Å²) in [6.07, 6.45) is 3.53. The summed E-state index contributed by atoms with van der Waals surface area (Å²) < 4.78 is 7.17. The predicted molar refractivity (Wildman–Crippen MR) is 131 cm³/mol. The number of likely N-dealkylation sites (tertiary alicyclic amines) is 1. The molecule has 0 radical (unpaired) electrons. The molecule has 7 heteroatoms. The quantitative estimate of drug-likeness (QED) is 0.529.